The van der Waals surface area contributed by atoms with Gasteiger partial charge in [0.2, 0.25) is 10.0 Å². The third-order valence-electron chi connectivity index (χ3n) is 4.57. The number of carbonyl (C=O) groups is 1. The molecule has 3 aromatic rings. The fourth-order valence-electron chi connectivity index (χ4n) is 2.96. The van der Waals surface area contributed by atoms with Crippen molar-refractivity contribution in [2.24, 2.45) is 0 Å². The van der Waals surface area contributed by atoms with Crippen LogP contribution in [0.15, 0.2) is 35.2 Å². The third-order valence-corrected chi connectivity index (χ3v) is 6.50. The van der Waals surface area contributed by atoms with Gasteiger partial charge in [0.1, 0.15) is 27.8 Å². The van der Waals surface area contributed by atoms with Gasteiger partial charge in [0.15, 0.2) is 0 Å². The van der Waals surface area contributed by atoms with Crippen LogP contribution >= 0.6 is 11.6 Å². The Hall–Kier alpha value is -2.75. The summed E-state index contributed by atoms with van der Waals surface area (Å²) in [5.41, 5.74) is 1.15. The van der Waals surface area contributed by atoms with E-state index in [1.165, 1.54) is 24.3 Å². The van der Waals surface area contributed by atoms with Crippen LogP contribution in [-0.4, -0.2) is 35.6 Å². The lowest BCUT2D eigenvalue weighted by Gasteiger charge is -2.14. The highest BCUT2D eigenvalue weighted by molar-refractivity contribution is 7.89. The Morgan fingerprint density at radius 1 is 1.28 bits per heavy atom. The molecule has 0 spiro atoms. The molecule has 4 rings (SSSR count). The average Bonchev–Trinajstić information content (AvgIpc) is 3.34. The molecule has 1 fully saturated rings. The molecule has 0 aliphatic heterocycles. The summed E-state index contributed by atoms with van der Waals surface area (Å²) in [6, 6.07) is 6.86. The summed E-state index contributed by atoms with van der Waals surface area (Å²) in [6.45, 7) is 1.73. The zero-order valence-corrected chi connectivity index (χ0v) is 16.8. The van der Waals surface area contributed by atoms with Crippen LogP contribution in [0.1, 0.15) is 28.9 Å². The molecule has 0 amide bonds. The number of nitrogens with one attached hydrogen (secondary N) is 2. The second kappa shape index (κ2) is 6.94. The molecule has 4 N–H and O–H groups in total. The molecule has 152 valence electrons. The first-order valence-electron chi connectivity index (χ1n) is 8.74. The number of phenols is 1. The first-order chi connectivity index (χ1) is 13.7. The molecule has 0 atom stereocenters. The number of halogens is 1. The number of H-pyrrole nitrogens is 1. The molecule has 0 radical (unpaired) electrons. The second-order valence-corrected chi connectivity index (χ2v) is 8.97. The standard InChI is InChI=1S/C19H17ClN2O6S/c1-9-6-13-12(8-14(21-13)19(24)25)17(20)18(9)28-11-4-5-15(23)16(7-11)29(26,27)22-10-2-3-10/h4-8,10,21-23H,2-3H2,1H3,(H,24,25). The van der Waals surface area contributed by atoms with Gasteiger partial charge in [0.05, 0.1) is 5.02 Å². The molecule has 1 aliphatic carbocycles. The van der Waals surface area contributed by atoms with Gasteiger partial charge >= 0.3 is 5.97 Å². The number of hydrogen-bond acceptors (Lipinski definition) is 5. The number of benzene rings is 2. The van der Waals surface area contributed by atoms with Crippen molar-refractivity contribution in [1.29, 1.82) is 0 Å². The number of aromatic carboxylic acids is 1. The summed E-state index contributed by atoms with van der Waals surface area (Å²) >= 11 is 6.43. The SMILES string of the molecule is Cc1cc2[nH]c(C(=O)O)cc2c(Cl)c1Oc1ccc(O)c(S(=O)(=O)NC2CC2)c1. The lowest BCUT2D eigenvalue weighted by Crippen LogP contribution is -2.25. The highest BCUT2D eigenvalue weighted by Gasteiger charge is 2.30. The minimum absolute atomic E-state index is 0.0115. The van der Waals surface area contributed by atoms with Crippen LogP contribution < -0.4 is 9.46 Å². The maximum atomic E-state index is 12.5. The van der Waals surface area contributed by atoms with E-state index in [0.29, 0.717) is 16.5 Å². The maximum absolute atomic E-state index is 12.5. The smallest absolute Gasteiger partial charge is 0.352 e. The van der Waals surface area contributed by atoms with Crippen molar-refractivity contribution >= 4 is 38.5 Å². The summed E-state index contributed by atoms with van der Waals surface area (Å²) in [5.74, 6) is -1.08. The second-order valence-electron chi connectivity index (χ2n) is 6.91. The molecule has 1 saturated carbocycles. The van der Waals surface area contributed by atoms with E-state index in [4.69, 9.17) is 21.4 Å². The number of hydrogen-bond donors (Lipinski definition) is 4. The van der Waals surface area contributed by atoms with Crippen molar-refractivity contribution in [2.45, 2.75) is 30.7 Å². The number of carboxylic acid groups (broad SMARTS) is 1. The summed E-state index contributed by atoms with van der Waals surface area (Å²) in [4.78, 5) is 13.7. The molecule has 1 aromatic heterocycles. The van der Waals surface area contributed by atoms with Gasteiger partial charge in [0, 0.05) is 23.0 Å². The molecular formula is C19H17ClN2O6S. The number of ether oxygens (including phenoxy) is 1. The Kier molecular flexibility index (Phi) is 4.68. The highest BCUT2D eigenvalue weighted by Crippen LogP contribution is 2.40. The van der Waals surface area contributed by atoms with Crippen LogP contribution in [-0.2, 0) is 10.0 Å². The number of aromatic hydroxyl groups is 1. The number of sulfonamides is 1. The summed E-state index contributed by atoms with van der Waals surface area (Å²) in [7, 11) is -3.89. The quantitative estimate of drug-likeness (QED) is 0.465. The molecule has 29 heavy (non-hydrogen) atoms. The zero-order chi connectivity index (χ0) is 20.9. The van der Waals surface area contributed by atoms with Gasteiger partial charge in [-0.2, -0.15) is 0 Å². The van der Waals surface area contributed by atoms with Gasteiger partial charge in [-0.05, 0) is 49.6 Å². The van der Waals surface area contributed by atoms with Crippen LogP contribution in [0.4, 0.5) is 0 Å². The van der Waals surface area contributed by atoms with Crippen molar-refractivity contribution < 1.29 is 28.2 Å². The van der Waals surface area contributed by atoms with Gasteiger partial charge in [-0.15, -0.1) is 0 Å². The highest BCUT2D eigenvalue weighted by atomic mass is 35.5. The van der Waals surface area contributed by atoms with Crippen LogP contribution in [0.2, 0.25) is 5.02 Å². The number of aromatic amines is 1. The lowest BCUT2D eigenvalue weighted by molar-refractivity contribution is 0.0691. The van der Waals surface area contributed by atoms with E-state index in [1.807, 2.05) is 0 Å². The van der Waals surface area contributed by atoms with Crippen molar-refractivity contribution in [3.05, 3.63) is 46.6 Å². The summed E-state index contributed by atoms with van der Waals surface area (Å²) < 4.78 is 33.3. The molecule has 8 nitrogen and oxygen atoms in total. The van der Waals surface area contributed by atoms with E-state index >= 15 is 0 Å². The Morgan fingerprint density at radius 2 is 2.00 bits per heavy atom. The average molecular weight is 437 g/mol. The van der Waals surface area contributed by atoms with E-state index < -0.39 is 16.0 Å². The van der Waals surface area contributed by atoms with Gasteiger partial charge in [-0.3, -0.25) is 0 Å². The van der Waals surface area contributed by atoms with Gasteiger partial charge in [0.25, 0.3) is 0 Å². The lowest BCUT2D eigenvalue weighted by atomic mass is 10.1. The minimum atomic E-state index is -3.89. The first-order valence-corrected chi connectivity index (χ1v) is 10.6. The van der Waals surface area contributed by atoms with Crippen molar-refractivity contribution in [2.75, 3.05) is 0 Å². The first kappa shape index (κ1) is 19.6. The van der Waals surface area contributed by atoms with Gasteiger partial charge in [-0.25, -0.2) is 17.9 Å². The monoisotopic (exact) mass is 436 g/mol. The molecule has 1 aliphatic rings. The maximum Gasteiger partial charge on any atom is 0.352 e. The fourth-order valence-corrected chi connectivity index (χ4v) is 4.72. The van der Waals surface area contributed by atoms with Crippen LogP contribution in [0.25, 0.3) is 10.9 Å². The molecule has 0 saturated heterocycles. The van der Waals surface area contributed by atoms with Crippen LogP contribution in [0.5, 0.6) is 17.2 Å². The third kappa shape index (κ3) is 3.76. The number of phenolic OH excluding ortho intramolecular Hbond substituents is 1. The molecule has 0 unspecified atom stereocenters. The number of carboxylic acids is 1. The van der Waals surface area contributed by atoms with Crippen LogP contribution in [0, 0.1) is 6.92 Å². The fraction of sp³-hybridized carbons (Fsp3) is 0.211. The van der Waals surface area contributed by atoms with E-state index in [-0.39, 0.29) is 38.9 Å². The van der Waals surface area contributed by atoms with E-state index in [2.05, 4.69) is 9.71 Å². The summed E-state index contributed by atoms with van der Waals surface area (Å²) in [6.07, 6.45) is 1.53. The molecule has 10 heteroatoms. The van der Waals surface area contributed by atoms with Gasteiger partial charge < -0.3 is 19.9 Å². The normalized spacial score (nSPS) is 14.3. The Labute approximate surface area is 171 Å². The van der Waals surface area contributed by atoms with E-state index in [1.54, 1.807) is 13.0 Å². The van der Waals surface area contributed by atoms with E-state index in [0.717, 1.165) is 12.8 Å². The largest absolute Gasteiger partial charge is 0.507 e. The predicted octanol–water partition coefficient (Wildman–Crippen LogP) is 3.77. The topological polar surface area (TPSA) is 129 Å². The Bertz CT molecular complexity index is 1250. The number of aromatic nitrogens is 1. The minimum Gasteiger partial charge on any atom is -0.507 e. The molecule has 1 heterocycles. The molecular weight excluding hydrogens is 420 g/mol. The van der Waals surface area contributed by atoms with Crippen molar-refractivity contribution in [1.82, 2.24) is 9.71 Å². The predicted molar refractivity (Wildman–Crippen MR) is 107 cm³/mol. The van der Waals surface area contributed by atoms with Crippen LogP contribution in [0.3, 0.4) is 0 Å². The van der Waals surface area contributed by atoms with E-state index in [9.17, 15) is 18.3 Å². The number of rotatable bonds is 6. The van der Waals surface area contributed by atoms with Gasteiger partial charge in [-0.1, -0.05) is 11.6 Å². The Morgan fingerprint density at radius 3 is 2.66 bits per heavy atom. The summed E-state index contributed by atoms with van der Waals surface area (Å²) in [5, 5.41) is 19.8. The number of aryl methyl sites for hydroxylation is 1. The zero-order valence-electron chi connectivity index (χ0n) is 15.2. The van der Waals surface area contributed by atoms with Crippen molar-refractivity contribution in [3.63, 3.8) is 0 Å². The van der Waals surface area contributed by atoms with Crippen molar-refractivity contribution in [3.8, 4) is 17.2 Å². The molecule has 2 aromatic carbocycles. The number of fused-ring (bicyclic) bond motifs is 1. The Balaban J connectivity index is 1.73. The molecule has 0 bridgehead atoms.